The van der Waals surface area contributed by atoms with Gasteiger partial charge in [-0.05, 0) is 48.5 Å². The summed E-state index contributed by atoms with van der Waals surface area (Å²) in [7, 11) is 1.67. The minimum atomic E-state index is -0.576. The summed E-state index contributed by atoms with van der Waals surface area (Å²) in [5.74, 6) is -1.14. The Labute approximate surface area is 115 Å². The van der Waals surface area contributed by atoms with Crippen LogP contribution in [-0.2, 0) is 4.74 Å². The van der Waals surface area contributed by atoms with Gasteiger partial charge in [0.25, 0.3) is 0 Å². The molecule has 0 fully saturated rings. The Balaban J connectivity index is 3.19. The Kier molecular flexibility index (Phi) is 6.18. The number of halogens is 3. The third kappa shape index (κ3) is 3.28. The van der Waals surface area contributed by atoms with E-state index in [1.165, 1.54) is 12.1 Å². The SMILES string of the molecule is CCOC(CC)C(NC)c1c(F)ccc(Br)c1F. The quantitative estimate of drug-likeness (QED) is 0.805. The van der Waals surface area contributed by atoms with Gasteiger partial charge in [0.2, 0.25) is 0 Å². The fourth-order valence-corrected chi connectivity index (χ4v) is 2.35. The van der Waals surface area contributed by atoms with Crippen LogP contribution in [0, 0.1) is 11.6 Å². The van der Waals surface area contributed by atoms with Crippen molar-refractivity contribution >= 4 is 15.9 Å². The van der Waals surface area contributed by atoms with E-state index >= 15 is 0 Å². The molecule has 0 amide bonds. The van der Waals surface area contributed by atoms with Gasteiger partial charge in [-0.2, -0.15) is 0 Å². The standard InChI is InChI=1S/C13H18BrF2NO/c1-4-10(18-5-2)13(17-3)11-9(15)7-6-8(14)12(11)16/h6-7,10,13,17H,4-5H2,1-3H3. The summed E-state index contributed by atoms with van der Waals surface area (Å²) >= 11 is 3.08. The van der Waals surface area contributed by atoms with E-state index in [1.54, 1.807) is 7.05 Å². The van der Waals surface area contributed by atoms with Gasteiger partial charge < -0.3 is 10.1 Å². The maximum absolute atomic E-state index is 14.1. The van der Waals surface area contributed by atoms with Gasteiger partial charge in [0, 0.05) is 12.2 Å². The third-order valence-electron chi connectivity index (χ3n) is 2.86. The summed E-state index contributed by atoms with van der Waals surface area (Å²) in [5, 5.41) is 2.94. The normalized spacial score (nSPS) is 14.6. The van der Waals surface area contributed by atoms with Crippen molar-refractivity contribution in [1.29, 1.82) is 0 Å². The zero-order valence-corrected chi connectivity index (χ0v) is 12.4. The number of rotatable bonds is 6. The van der Waals surface area contributed by atoms with Crippen LogP contribution < -0.4 is 5.32 Å². The van der Waals surface area contributed by atoms with E-state index in [2.05, 4.69) is 21.2 Å². The molecule has 18 heavy (non-hydrogen) atoms. The van der Waals surface area contributed by atoms with Gasteiger partial charge in [0.15, 0.2) is 0 Å². The second kappa shape index (κ2) is 7.16. The smallest absolute Gasteiger partial charge is 0.145 e. The maximum atomic E-state index is 14.1. The molecule has 1 aromatic rings. The van der Waals surface area contributed by atoms with E-state index in [1.807, 2.05) is 13.8 Å². The average molecular weight is 322 g/mol. The predicted molar refractivity (Wildman–Crippen MR) is 71.6 cm³/mol. The molecule has 0 bridgehead atoms. The molecule has 102 valence electrons. The first-order valence-electron chi connectivity index (χ1n) is 5.99. The fraction of sp³-hybridized carbons (Fsp3) is 0.538. The van der Waals surface area contributed by atoms with Crippen molar-refractivity contribution < 1.29 is 13.5 Å². The molecule has 0 aliphatic heterocycles. The van der Waals surface area contributed by atoms with Crippen LogP contribution in [0.2, 0.25) is 0 Å². The average Bonchev–Trinajstić information content (AvgIpc) is 2.37. The van der Waals surface area contributed by atoms with E-state index < -0.39 is 17.7 Å². The number of likely N-dealkylation sites (N-methyl/N-ethyl adjacent to an activating group) is 1. The topological polar surface area (TPSA) is 21.3 Å². The Morgan fingerprint density at radius 2 is 2.00 bits per heavy atom. The van der Waals surface area contributed by atoms with Crippen LogP contribution in [0.25, 0.3) is 0 Å². The second-order valence-corrected chi connectivity index (χ2v) is 4.78. The van der Waals surface area contributed by atoms with E-state index in [0.29, 0.717) is 13.0 Å². The molecular formula is C13H18BrF2NO. The summed E-state index contributed by atoms with van der Waals surface area (Å²) in [6, 6.07) is 2.11. The highest BCUT2D eigenvalue weighted by Crippen LogP contribution is 2.30. The molecule has 1 aromatic carbocycles. The predicted octanol–water partition coefficient (Wildman–Crippen LogP) is 3.80. The fourth-order valence-electron chi connectivity index (χ4n) is 2.01. The van der Waals surface area contributed by atoms with Crippen molar-refractivity contribution in [2.45, 2.75) is 32.4 Å². The minimum absolute atomic E-state index is 0.0205. The molecule has 0 aliphatic rings. The van der Waals surface area contributed by atoms with Gasteiger partial charge in [-0.3, -0.25) is 0 Å². The van der Waals surface area contributed by atoms with Crippen LogP contribution in [0.1, 0.15) is 31.9 Å². The number of ether oxygens (including phenoxy) is 1. The van der Waals surface area contributed by atoms with E-state index in [9.17, 15) is 8.78 Å². The number of hydrogen-bond donors (Lipinski definition) is 1. The molecule has 0 saturated heterocycles. The highest BCUT2D eigenvalue weighted by atomic mass is 79.9. The molecule has 0 aromatic heterocycles. The lowest BCUT2D eigenvalue weighted by molar-refractivity contribution is 0.0315. The van der Waals surface area contributed by atoms with Gasteiger partial charge in [-0.1, -0.05) is 6.92 Å². The monoisotopic (exact) mass is 321 g/mol. The Bertz CT molecular complexity index is 401. The number of hydrogen-bond acceptors (Lipinski definition) is 2. The lowest BCUT2D eigenvalue weighted by Crippen LogP contribution is -2.33. The van der Waals surface area contributed by atoms with E-state index in [4.69, 9.17) is 4.74 Å². The first kappa shape index (κ1) is 15.5. The van der Waals surface area contributed by atoms with Crippen molar-refractivity contribution in [1.82, 2.24) is 5.32 Å². The Morgan fingerprint density at radius 3 is 2.50 bits per heavy atom. The summed E-state index contributed by atoms with van der Waals surface area (Å²) in [5.41, 5.74) is 0.0205. The van der Waals surface area contributed by atoms with Crippen molar-refractivity contribution in [3.8, 4) is 0 Å². The molecule has 1 N–H and O–H groups in total. The number of nitrogens with one attached hydrogen (secondary N) is 1. The molecule has 5 heteroatoms. The molecule has 2 unspecified atom stereocenters. The second-order valence-electron chi connectivity index (χ2n) is 3.93. The molecule has 2 atom stereocenters. The molecular weight excluding hydrogens is 304 g/mol. The minimum Gasteiger partial charge on any atom is -0.377 e. The first-order chi connectivity index (χ1) is 8.56. The molecule has 0 heterocycles. The summed E-state index contributed by atoms with van der Waals surface area (Å²) < 4.78 is 33.7. The highest BCUT2D eigenvalue weighted by molar-refractivity contribution is 9.10. The van der Waals surface area contributed by atoms with E-state index in [-0.39, 0.29) is 16.1 Å². The molecule has 2 nitrogen and oxygen atoms in total. The van der Waals surface area contributed by atoms with E-state index in [0.717, 1.165) is 0 Å². The molecule has 0 radical (unpaired) electrons. The molecule has 0 aliphatic carbocycles. The summed E-state index contributed by atoms with van der Waals surface area (Å²) in [6.07, 6.45) is 0.406. The van der Waals surface area contributed by atoms with Gasteiger partial charge in [0.05, 0.1) is 16.6 Å². The Hall–Kier alpha value is -0.520. The lowest BCUT2D eigenvalue weighted by Gasteiger charge is -2.27. The molecule has 0 spiro atoms. The summed E-state index contributed by atoms with van der Waals surface area (Å²) in [6.45, 7) is 4.30. The van der Waals surface area contributed by atoms with Crippen LogP contribution in [0.3, 0.4) is 0 Å². The van der Waals surface area contributed by atoms with Crippen molar-refractivity contribution in [2.24, 2.45) is 0 Å². The highest BCUT2D eigenvalue weighted by Gasteiger charge is 2.27. The number of benzene rings is 1. The molecule has 0 saturated carbocycles. The maximum Gasteiger partial charge on any atom is 0.145 e. The van der Waals surface area contributed by atoms with Gasteiger partial charge in [-0.15, -0.1) is 0 Å². The van der Waals surface area contributed by atoms with Crippen molar-refractivity contribution in [2.75, 3.05) is 13.7 Å². The van der Waals surface area contributed by atoms with Crippen LogP contribution in [-0.4, -0.2) is 19.8 Å². The zero-order valence-electron chi connectivity index (χ0n) is 10.8. The van der Waals surface area contributed by atoms with Gasteiger partial charge in [0.1, 0.15) is 11.6 Å². The van der Waals surface area contributed by atoms with Crippen LogP contribution in [0.4, 0.5) is 8.78 Å². The van der Waals surface area contributed by atoms with Crippen LogP contribution >= 0.6 is 15.9 Å². The van der Waals surface area contributed by atoms with Crippen LogP contribution in [0.5, 0.6) is 0 Å². The van der Waals surface area contributed by atoms with Crippen molar-refractivity contribution in [3.63, 3.8) is 0 Å². The third-order valence-corrected chi connectivity index (χ3v) is 3.47. The van der Waals surface area contributed by atoms with Crippen molar-refractivity contribution in [3.05, 3.63) is 33.8 Å². The Morgan fingerprint density at radius 1 is 1.33 bits per heavy atom. The lowest BCUT2D eigenvalue weighted by atomic mass is 9.98. The summed E-state index contributed by atoms with van der Waals surface area (Å²) in [4.78, 5) is 0. The van der Waals surface area contributed by atoms with Gasteiger partial charge in [-0.25, -0.2) is 8.78 Å². The van der Waals surface area contributed by atoms with Crippen LogP contribution in [0.15, 0.2) is 16.6 Å². The zero-order chi connectivity index (χ0) is 13.7. The largest absolute Gasteiger partial charge is 0.377 e. The van der Waals surface area contributed by atoms with Gasteiger partial charge >= 0.3 is 0 Å². The molecule has 1 rings (SSSR count). The first-order valence-corrected chi connectivity index (χ1v) is 6.78.